The summed E-state index contributed by atoms with van der Waals surface area (Å²) in [6, 6.07) is 4.59. The van der Waals surface area contributed by atoms with E-state index in [4.69, 9.17) is 4.74 Å². The van der Waals surface area contributed by atoms with Crippen LogP contribution < -0.4 is 10.1 Å². The second-order valence-electron chi connectivity index (χ2n) is 5.72. The van der Waals surface area contributed by atoms with E-state index < -0.39 is 0 Å². The number of hydrogen-bond acceptors (Lipinski definition) is 3. The van der Waals surface area contributed by atoms with Crippen LogP contribution in [0, 0.1) is 6.92 Å². The summed E-state index contributed by atoms with van der Waals surface area (Å²) in [7, 11) is 1.77. The van der Waals surface area contributed by atoms with Crippen LogP contribution in [0.3, 0.4) is 0 Å². The lowest BCUT2D eigenvalue weighted by Gasteiger charge is -2.28. The van der Waals surface area contributed by atoms with Gasteiger partial charge in [-0.25, -0.2) is 0 Å². The fourth-order valence-electron chi connectivity index (χ4n) is 2.80. The van der Waals surface area contributed by atoms with E-state index in [0.29, 0.717) is 5.92 Å². The molecule has 0 atom stereocenters. The second kappa shape index (κ2) is 6.40. The van der Waals surface area contributed by atoms with Crippen molar-refractivity contribution >= 4 is 0 Å². The summed E-state index contributed by atoms with van der Waals surface area (Å²) in [5.41, 5.74) is 3.98. The van der Waals surface area contributed by atoms with E-state index in [1.54, 1.807) is 7.11 Å². The molecule has 1 fully saturated rings. The highest BCUT2D eigenvalue weighted by Crippen LogP contribution is 2.31. The van der Waals surface area contributed by atoms with Gasteiger partial charge in [-0.1, -0.05) is 26.0 Å². The zero-order chi connectivity index (χ0) is 13.8. The summed E-state index contributed by atoms with van der Waals surface area (Å²) >= 11 is 0. The van der Waals surface area contributed by atoms with Crippen molar-refractivity contribution in [1.29, 1.82) is 0 Å². The van der Waals surface area contributed by atoms with E-state index in [9.17, 15) is 0 Å². The van der Waals surface area contributed by atoms with Gasteiger partial charge in [0.2, 0.25) is 0 Å². The largest absolute Gasteiger partial charge is 0.496 e. The van der Waals surface area contributed by atoms with Crippen molar-refractivity contribution in [1.82, 2.24) is 10.2 Å². The SMILES string of the molecule is COc1c(C)cc(CN2CCNCC2)cc1C(C)C. The minimum Gasteiger partial charge on any atom is -0.496 e. The molecule has 0 saturated carbocycles. The van der Waals surface area contributed by atoms with E-state index in [2.05, 4.69) is 43.1 Å². The number of rotatable bonds is 4. The quantitative estimate of drug-likeness (QED) is 0.902. The van der Waals surface area contributed by atoms with Crippen LogP contribution in [0.25, 0.3) is 0 Å². The number of hydrogen-bond donors (Lipinski definition) is 1. The van der Waals surface area contributed by atoms with E-state index >= 15 is 0 Å². The molecule has 0 amide bonds. The molecule has 1 saturated heterocycles. The lowest BCUT2D eigenvalue weighted by Crippen LogP contribution is -2.42. The third kappa shape index (κ3) is 3.48. The summed E-state index contributed by atoms with van der Waals surface area (Å²) in [5, 5.41) is 3.40. The van der Waals surface area contributed by atoms with Gasteiger partial charge in [-0.15, -0.1) is 0 Å². The Morgan fingerprint density at radius 3 is 2.53 bits per heavy atom. The van der Waals surface area contributed by atoms with Crippen LogP contribution in [0.5, 0.6) is 5.75 Å². The molecule has 1 aliphatic heterocycles. The van der Waals surface area contributed by atoms with Gasteiger partial charge in [0.05, 0.1) is 7.11 Å². The second-order valence-corrected chi connectivity index (χ2v) is 5.72. The van der Waals surface area contributed by atoms with Crippen LogP contribution in [0.1, 0.15) is 36.5 Å². The predicted octanol–water partition coefficient (Wildman–Crippen LogP) is 2.53. The van der Waals surface area contributed by atoms with Gasteiger partial charge >= 0.3 is 0 Å². The van der Waals surface area contributed by atoms with Crippen molar-refractivity contribution in [3.63, 3.8) is 0 Å². The zero-order valence-corrected chi connectivity index (χ0v) is 12.6. The molecule has 3 nitrogen and oxygen atoms in total. The summed E-state index contributed by atoms with van der Waals surface area (Å²) in [6.07, 6.45) is 0. The average molecular weight is 262 g/mol. The van der Waals surface area contributed by atoms with Crippen LogP contribution >= 0.6 is 0 Å². The maximum atomic E-state index is 5.56. The van der Waals surface area contributed by atoms with Crippen molar-refractivity contribution in [3.8, 4) is 5.75 Å². The topological polar surface area (TPSA) is 24.5 Å². The molecule has 0 aliphatic carbocycles. The molecule has 19 heavy (non-hydrogen) atoms. The van der Waals surface area contributed by atoms with Crippen molar-refractivity contribution in [2.45, 2.75) is 33.2 Å². The first-order valence-electron chi connectivity index (χ1n) is 7.22. The first-order chi connectivity index (χ1) is 9.11. The van der Waals surface area contributed by atoms with Crippen molar-refractivity contribution in [3.05, 3.63) is 28.8 Å². The van der Waals surface area contributed by atoms with Crippen LogP contribution in [0.4, 0.5) is 0 Å². The standard InChI is InChI=1S/C16H26N2O/c1-12(2)15-10-14(9-13(3)16(15)19-4)11-18-7-5-17-6-8-18/h9-10,12,17H,5-8,11H2,1-4H3. The Morgan fingerprint density at radius 1 is 1.26 bits per heavy atom. The normalized spacial score (nSPS) is 16.9. The molecule has 0 aromatic heterocycles. The lowest BCUT2D eigenvalue weighted by atomic mass is 9.96. The molecule has 0 unspecified atom stereocenters. The Balaban J connectivity index is 2.21. The first-order valence-corrected chi connectivity index (χ1v) is 7.22. The third-order valence-electron chi connectivity index (χ3n) is 3.81. The van der Waals surface area contributed by atoms with E-state index in [0.717, 1.165) is 38.5 Å². The van der Waals surface area contributed by atoms with Crippen molar-refractivity contribution in [2.75, 3.05) is 33.3 Å². The Kier molecular flexibility index (Phi) is 4.83. The molecular formula is C16H26N2O. The number of methoxy groups -OCH3 is 1. The monoisotopic (exact) mass is 262 g/mol. The molecule has 1 aliphatic rings. The van der Waals surface area contributed by atoms with E-state index in [-0.39, 0.29) is 0 Å². The molecular weight excluding hydrogens is 236 g/mol. The molecule has 1 heterocycles. The number of nitrogens with zero attached hydrogens (tertiary/aromatic N) is 1. The highest BCUT2D eigenvalue weighted by atomic mass is 16.5. The van der Waals surface area contributed by atoms with Crippen LogP contribution in [0.15, 0.2) is 12.1 Å². The third-order valence-corrected chi connectivity index (χ3v) is 3.81. The minimum atomic E-state index is 0.497. The highest BCUT2D eigenvalue weighted by Gasteiger charge is 2.15. The highest BCUT2D eigenvalue weighted by molar-refractivity contribution is 5.45. The van der Waals surface area contributed by atoms with E-state index in [1.165, 1.54) is 16.7 Å². The number of aryl methyl sites for hydroxylation is 1. The Bertz CT molecular complexity index is 423. The Labute approximate surface area is 116 Å². The summed E-state index contributed by atoms with van der Waals surface area (Å²) in [5.74, 6) is 1.55. The number of ether oxygens (including phenoxy) is 1. The van der Waals surface area contributed by atoms with Crippen LogP contribution in [-0.4, -0.2) is 38.2 Å². The summed E-state index contributed by atoms with van der Waals surface area (Å²) in [4.78, 5) is 2.52. The molecule has 1 aromatic carbocycles. The smallest absolute Gasteiger partial charge is 0.125 e. The zero-order valence-electron chi connectivity index (χ0n) is 12.6. The van der Waals surface area contributed by atoms with Gasteiger partial charge in [0.15, 0.2) is 0 Å². The maximum Gasteiger partial charge on any atom is 0.125 e. The molecule has 0 radical (unpaired) electrons. The Morgan fingerprint density at radius 2 is 1.95 bits per heavy atom. The molecule has 0 bridgehead atoms. The van der Waals surface area contributed by atoms with Gasteiger partial charge in [0, 0.05) is 32.7 Å². The van der Waals surface area contributed by atoms with Gasteiger partial charge in [0.25, 0.3) is 0 Å². The minimum absolute atomic E-state index is 0.497. The molecule has 1 N–H and O–H groups in total. The van der Waals surface area contributed by atoms with Gasteiger partial charge in [-0.05, 0) is 29.5 Å². The van der Waals surface area contributed by atoms with Crippen LogP contribution in [-0.2, 0) is 6.54 Å². The predicted molar refractivity (Wildman–Crippen MR) is 80.0 cm³/mol. The summed E-state index contributed by atoms with van der Waals surface area (Å²) < 4.78 is 5.56. The summed E-state index contributed by atoms with van der Waals surface area (Å²) in [6.45, 7) is 12.1. The number of benzene rings is 1. The fraction of sp³-hybridized carbons (Fsp3) is 0.625. The lowest BCUT2D eigenvalue weighted by molar-refractivity contribution is 0.233. The van der Waals surface area contributed by atoms with E-state index in [1.807, 2.05) is 0 Å². The Hall–Kier alpha value is -1.06. The average Bonchev–Trinajstić information content (AvgIpc) is 2.39. The molecule has 106 valence electrons. The van der Waals surface area contributed by atoms with Gasteiger partial charge in [-0.2, -0.15) is 0 Å². The first kappa shape index (κ1) is 14.4. The van der Waals surface area contributed by atoms with Crippen molar-refractivity contribution in [2.24, 2.45) is 0 Å². The van der Waals surface area contributed by atoms with Gasteiger partial charge < -0.3 is 10.1 Å². The number of nitrogens with one attached hydrogen (secondary N) is 1. The maximum absolute atomic E-state index is 5.56. The molecule has 0 spiro atoms. The number of piperazine rings is 1. The van der Waals surface area contributed by atoms with Crippen LogP contribution in [0.2, 0.25) is 0 Å². The molecule has 2 rings (SSSR count). The molecule has 1 aromatic rings. The fourth-order valence-corrected chi connectivity index (χ4v) is 2.80. The molecule has 3 heteroatoms. The van der Waals surface area contributed by atoms with Crippen molar-refractivity contribution < 1.29 is 4.74 Å². The van der Waals surface area contributed by atoms with Gasteiger partial charge in [0.1, 0.15) is 5.75 Å². The van der Waals surface area contributed by atoms with Gasteiger partial charge in [-0.3, -0.25) is 4.90 Å².